The third-order valence-electron chi connectivity index (χ3n) is 3.17. The lowest BCUT2D eigenvalue weighted by molar-refractivity contribution is 0.305. The summed E-state index contributed by atoms with van der Waals surface area (Å²) in [7, 11) is 1.99. The van der Waals surface area contributed by atoms with Crippen molar-refractivity contribution in [3.63, 3.8) is 0 Å². The van der Waals surface area contributed by atoms with Gasteiger partial charge in [0.1, 0.15) is 11.7 Å². The maximum Gasteiger partial charge on any atom is 0.144 e. The zero-order valence-electron chi connectivity index (χ0n) is 11.3. The predicted molar refractivity (Wildman–Crippen MR) is 71.6 cm³/mol. The van der Waals surface area contributed by atoms with Gasteiger partial charge in [0, 0.05) is 37.8 Å². The SMILES string of the molecule is Cn1ccnc1CCNCCC(C)(C)C(N)=NO. The van der Waals surface area contributed by atoms with Crippen molar-refractivity contribution in [1.29, 1.82) is 0 Å². The number of hydrogen-bond acceptors (Lipinski definition) is 4. The number of oxime groups is 1. The first-order chi connectivity index (χ1) is 8.47. The number of aryl methyl sites for hydroxylation is 1. The Kier molecular flexibility index (Phi) is 5.15. The second-order valence-corrected chi connectivity index (χ2v) is 5.07. The number of nitrogens with zero attached hydrogens (tertiary/aromatic N) is 3. The van der Waals surface area contributed by atoms with Gasteiger partial charge in [-0.25, -0.2) is 4.98 Å². The lowest BCUT2D eigenvalue weighted by Gasteiger charge is -2.22. The molecule has 0 aliphatic carbocycles. The number of aromatic nitrogens is 2. The molecule has 0 radical (unpaired) electrons. The van der Waals surface area contributed by atoms with E-state index in [0.717, 1.165) is 31.8 Å². The van der Waals surface area contributed by atoms with Crippen LogP contribution < -0.4 is 11.1 Å². The summed E-state index contributed by atoms with van der Waals surface area (Å²) in [4.78, 5) is 4.25. The molecule has 1 aromatic heterocycles. The maximum absolute atomic E-state index is 8.66. The van der Waals surface area contributed by atoms with Crippen LogP contribution in [0.1, 0.15) is 26.1 Å². The lowest BCUT2D eigenvalue weighted by Crippen LogP contribution is -2.35. The molecule has 1 aromatic rings. The number of nitrogens with two attached hydrogens (primary N) is 1. The van der Waals surface area contributed by atoms with Crippen molar-refractivity contribution in [3.05, 3.63) is 18.2 Å². The second-order valence-electron chi connectivity index (χ2n) is 5.07. The van der Waals surface area contributed by atoms with Crippen LogP contribution in [-0.2, 0) is 13.5 Å². The van der Waals surface area contributed by atoms with Crippen LogP contribution in [0.15, 0.2) is 17.5 Å². The monoisotopic (exact) mass is 253 g/mol. The molecule has 18 heavy (non-hydrogen) atoms. The van der Waals surface area contributed by atoms with E-state index in [4.69, 9.17) is 10.9 Å². The van der Waals surface area contributed by atoms with E-state index in [2.05, 4.69) is 15.5 Å². The molecule has 0 amide bonds. The van der Waals surface area contributed by atoms with Crippen LogP contribution in [0.4, 0.5) is 0 Å². The molecule has 0 saturated heterocycles. The zero-order valence-corrected chi connectivity index (χ0v) is 11.3. The van der Waals surface area contributed by atoms with Gasteiger partial charge in [-0.1, -0.05) is 19.0 Å². The van der Waals surface area contributed by atoms with Gasteiger partial charge in [0.15, 0.2) is 0 Å². The predicted octanol–water partition coefficient (Wildman–Crippen LogP) is 0.715. The Labute approximate surface area is 108 Å². The second kappa shape index (κ2) is 6.39. The molecule has 0 spiro atoms. The number of imidazole rings is 1. The van der Waals surface area contributed by atoms with Gasteiger partial charge in [0.25, 0.3) is 0 Å². The van der Waals surface area contributed by atoms with Crippen molar-refractivity contribution in [2.45, 2.75) is 26.7 Å². The van der Waals surface area contributed by atoms with Gasteiger partial charge >= 0.3 is 0 Å². The highest BCUT2D eigenvalue weighted by Gasteiger charge is 2.22. The van der Waals surface area contributed by atoms with Crippen molar-refractivity contribution in [2.75, 3.05) is 13.1 Å². The molecular formula is C12H23N5O. The van der Waals surface area contributed by atoms with E-state index in [1.165, 1.54) is 0 Å². The molecule has 6 nitrogen and oxygen atoms in total. The molecule has 0 saturated carbocycles. The Morgan fingerprint density at radius 2 is 2.28 bits per heavy atom. The van der Waals surface area contributed by atoms with Crippen molar-refractivity contribution in [1.82, 2.24) is 14.9 Å². The molecule has 0 atom stereocenters. The summed E-state index contributed by atoms with van der Waals surface area (Å²) in [6.07, 6.45) is 5.46. The standard InChI is InChI=1S/C12H23N5O/c1-12(2,11(13)16-18)5-7-14-6-4-10-15-8-9-17(10)3/h8-9,14,18H,4-7H2,1-3H3,(H2,13,16). The van der Waals surface area contributed by atoms with Gasteiger partial charge in [0.2, 0.25) is 0 Å². The number of amidine groups is 1. The van der Waals surface area contributed by atoms with Gasteiger partial charge in [-0.15, -0.1) is 0 Å². The average molecular weight is 253 g/mol. The molecule has 0 aliphatic heterocycles. The van der Waals surface area contributed by atoms with E-state index in [1.807, 2.05) is 31.7 Å². The van der Waals surface area contributed by atoms with E-state index in [-0.39, 0.29) is 11.3 Å². The van der Waals surface area contributed by atoms with E-state index in [9.17, 15) is 0 Å². The molecule has 0 aromatic carbocycles. The van der Waals surface area contributed by atoms with Crippen LogP contribution >= 0.6 is 0 Å². The van der Waals surface area contributed by atoms with E-state index in [1.54, 1.807) is 6.20 Å². The summed E-state index contributed by atoms with van der Waals surface area (Å²) in [6, 6.07) is 0. The summed E-state index contributed by atoms with van der Waals surface area (Å²) in [6.45, 7) is 5.62. The minimum absolute atomic E-state index is 0.272. The Morgan fingerprint density at radius 1 is 1.56 bits per heavy atom. The van der Waals surface area contributed by atoms with Gasteiger partial charge < -0.3 is 20.8 Å². The van der Waals surface area contributed by atoms with Gasteiger partial charge in [-0.3, -0.25) is 0 Å². The summed E-state index contributed by atoms with van der Waals surface area (Å²) in [5, 5.41) is 15.1. The van der Waals surface area contributed by atoms with Gasteiger partial charge in [-0.2, -0.15) is 0 Å². The minimum atomic E-state index is -0.287. The van der Waals surface area contributed by atoms with Crippen molar-refractivity contribution >= 4 is 5.84 Å². The molecule has 0 fully saturated rings. The lowest BCUT2D eigenvalue weighted by atomic mass is 9.88. The van der Waals surface area contributed by atoms with Crippen molar-refractivity contribution in [3.8, 4) is 0 Å². The summed E-state index contributed by atoms with van der Waals surface area (Å²) >= 11 is 0. The fraction of sp³-hybridized carbons (Fsp3) is 0.667. The average Bonchev–Trinajstić information content (AvgIpc) is 2.73. The molecule has 6 heteroatoms. The topological polar surface area (TPSA) is 88.5 Å². The first kappa shape index (κ1) is 14.5. The molecule has 102 valence electrons. The molecule has 1 rings (SSSR count). The number of nitrogens with one attached hydrogen (secondary N) is 1. The first-order valence-electron chi connectivity index (χ1n) is 6.12. The van der Waals surface area contributed by atoms with Crippen LogP contribution in [0.3, 0.4) is 0 Å². The number of hydrogen-bond donors (Lipinski definition) is 3. The molecule has 4 N–H and O–H groups in total. The van der Waals surface area contributed by atoms with E-state index < -0.39 is 0 Å². The molecule has 0 bridgehead atoms. The van der Waals surface area contributed by atoms with Crippen LogP contribution in [0.5, 0.6) is 0 Å². The fourth-order valence-electron chi connectivity index (χ4n) is 1.63. The number of rotatable bonds is 7. The summed E-state index contributed by atoms with van der Waals surface area (Å²) in [5.41, 5.74) is 5.33. The van der Waals surface area contributed by atoms with Crippen LogP contribution in [0.25, 0.3) is 0 Å². The largest absolute Gasteiger partial charge is 0.409 e. The van der Waals surface area contributed by atoms with Gasteiger partial charge in [-0.05, 0) is 13.0 Å². The van der Waals surface area contributed by atoms with Crippen molar-refractivity contribution < 1.29 is 5.21 Å². The highest BCUT2D eigenvalue weighted by Crippen LogP contribution is 2.19. The summed E-state index contributed by atoms with van der Waals surface area (Å²) < 4.78 is 2.02. The van der Waals surface area contributed by atoms with Crippen LogP contribution in [0.2, 0.25) is 0 Å². The smallest absolute Gasteiger partial charge is 0.144 e. The van der Waals surface area contributed by atoms with Gasteiger partial charge in [0.05, 0.1) is 0 Å². The zero-order chi connectivity index (χ0) is 13.6. The van der Waals surface area contributed by atoms with Crippen molar-refractivity contribution in [2.24, 2.45) is 23.4 Å². The van der Waals surface area contributed by atoms with E-state index >= 15 is 0 Å². The fourth-order valence-corrected chi connectivity index (χ4v) is 1.63. The summed E-state index contributed by atoms with van der Waals surface area (Å²) in [5.74, 6) is 1.34. The molecule has 0 unspecified atom stereocenters. The van der Waals surface area contributed by atoms with Crippen LogP contribution in [0, 0.1) is 5.41 Å². The Hall–Kier alpha value is -1.56. The molecular weight excluding hydrogens is 230 g/mol. The molecule has 1 heterocycles. The van der Waals surface area contributed by atoms with Crippen LogP contribution in [-0.4, -0.2) is 33.7 Å². The third kappa shape index (κ3) is 4.03. The third-order valence-corrected chi connectivity index (χ3v) is 3.17. The highest BCUT2D eigenvalue weighted by atomic mass is 16.4. The normalized spacial score (nSPS) is 12.9. The van der Waals surface area contributed by atoms with E-state index in [0.29, 0.717) is 0 Å². The maximum atomic E-state index is 8.66. The Morgan fingerprint density at radius 3 is 2.83 bits per heavy atom. The first-order valence-corrected chi connectivity index (χ1v) is 6.12. The Balaban J connectivity index is 2.22. The molecule has 0 aliphatic rings. The minimum Gasteiger partial charge on any atom is -0.409 e. The Bertz CT molecular complexity index is 397. The quantitative estimate of drug-likeness (QED) is 0.219. The highest BCUT2D eigenvalue weighted by molar-refractivity contribution is 5.85.